The number of methoxy groups -OCH3 is 1. The van der Waals surface area contributed by atoms with Gasteiger partial charge in [-0.15, -0.1) is 0 Å². The Bertz CT molecular complexity index is 1060. The molecule has 0 unspecified atom stereocenters. The summed E-state index contributed by atoms with van der Waals surface area (Å²) in [4.78, 5) is 14.3. The normalized spacial score (nSPS) is 19.2. The van der Waals surface area contributed by atoms with Crippen LogP contribution in [0.4, 0.5) is 0 Å². The van der Waals surface area contributed by atoms with Gasteiger partial charge in [0, 0.05) is 25.6 Å². The molecular weight excluding hydrogens is 436 g/mol. The zero-order chi connectivity index (χ0) is 23.3. The van der Waals surface area contributed by atoms with Gasteiger partial charge in [0.15, 0.2) is 6.61 Å². The van der Waals surface area contributed by atoms with E-state index in [9.17, 15) is 18.3 Å². The van der Waals surface area contributed by atoms with Gasteiger partial charge in [-0.05, 0) is 49.2 Å². The number of carbonyl (C=O) groups excluding carboxylic acids is 1. The van der Waals surface area contributed by atoms with E-state index in [2.05, 4.69) is 0 Å². The monoisotopic (exact) mass is 464 g/mol. The molecular formula is C22H28N2O7S. The third kappa shape index (κ3) is 6.12. The molecule has 0 spiro atoms. The van der Waals surface area contributed by atoms with Crippen LogP contribution in [0.15, 0.2) is 47.4 Å². The van der Waals surface area contributed by atoms with Crippen LogP contribution in [0.25, 0.3) is 0 Å². The second-order valence-electron chi connectivity index (χ2n) is 7.62. The van der Waals surface area contributed by atoms with E-state index in [1.807, 2.05) is 6.07 Å². The number of amides is 1. The van der Waals surface area contributed by atoms with Crippen LogP contribution >= 0.6 is 0 Å². The van der Waals surface area contributed by atoms with Crippen molar-refractivity contribution in [3.05, 3.63) is 48.0 Å². The molecule has 32 heavy (non-hydrogen) atoms. The summed E-state index contributed by atoms with van der Waals surface area (Å²) in [5.41, 5.74) is 0.558. The van der Waals surface area contributed by atoms with E-state index in [1.54, 1.807) is 37.1 Å². The maximum Gasteiger partial charge on any atom is 0.260 e. The molecule has 1 aliphatic heterocycles. The number of hydrogen-bond donors (Lipinski definition) is 2. The standard InChI is InChI=1S/C22H28N2O7S/c1-15-12-18(32(23,27)28)6-7-20(15)30-14-22(26)24-10-8-19(25)21(9-11-24)31-17-5-3-4-16(13-17)29-2/h3-7,12-13,19,21,25H,8-11,14H2,1-2H3,(H2,23,27,28)/t19-,21-/m0/s1. The Balaban J connectivity index is 1.57. The second kappa shape index (κ2) is 10.2. The Hall–Kier alpha value is -2.82. The van der Waals surface area contributed by atoms with Crippen molar-refractivity contribution in [2.24, 2.45) is 5.14 Å². The lowest BCUT2D eigenvalue weighted by molar-refractivity contribution is -0.133. The van der Waals surface area contributed by atoms with Gasteiger partial charge >= 0.3 is 0 Å². The van der Waals surface area contributed by atoms with Crippen molar-refractivity contribution in [2.45, 2.75) is 36.9 Å². The molecule has 2 aromatic carbocycles. The summed E-state index contributed by atoms with van der Waals surface area (Å²) in [7, 11) is -2.23. The highest BCUT2D eigenvalue weighted by Crippen LogP contribution is 2.24. The molecule has 1 saturated heterocycles. The Morgan fingerprint density at radius 1 is 1.16 bits per heavy atom. The molecule has 0 aromatic heterocycles. The van der Waals surface area contributed by atoms with Crippen molar-refractivity contribution in [1.29, 1.82) is 0 Å². The summed E-state index contributed by atoms with van der Waals surface area (Å²) < 4.78 is 39.6. The fraction of sp³-hybridized carbons (Fsp3) is 0.409. The molecule has 1 aliphatic rings. The predicted molar refractivity (Wildman–Crippen MR) is 117 cm³/mol. The highest BCUT2D eigenvalue weighted by atomic mass is 32.2. The number of aliphatic hydroxyl groups is 1. The van der Waals surface area contributed by atoms with Crippen LogP contribution in [0.5, 0.6) is 17.2 Å². The van der Waals surface area contributed by atoms with Crippen LogP contribution < -0.4 is 19.3 Å². The first kappa shape index (κ1) is 23.8. The highest BCUT2D eigenvalue weighted by molar-refractivity contribution is 7.89. The van der Waals surface area contributed by atoms with E-state index in [0.717, 1.165) is 0 Å². The number of nitrogens with zero attached hydrogens (tertiary/aromatic N) is 1. The molecule has 0 bridgehead atoms. The van der Waals surface area contributed by atoms with Gasteiger partial charge in [-0.25, -0.2) is 13.6 Å². The van der Waals surface area contributed by atoms with E-state index in [0.29, 0.717) is 48.7 Å². The van der Waals surface area contributed by atoms with Crippen molar-refractivity contribution in [3.8, 4) is 17.2 Å². The van der Waals surface area contributed by atoms with Crippen molar-refractivity contribution in [1.82, 2.24) is 4.90 Å². The Labute approximate surface area is 187 Å². The summed E-state index contributed by atoms with van der Waals surface area (Å²) in [6, 6.07) is 11.4. The van der Waals surface area contributed by atoms with E-state index in [1.165, 1.54) is 18.2 Å². The van der Waals surface area contributed by atoms with Crippen LogP contribution in [0.3, 0.4) is 0 Å². The number of carbonyl (C=O) groups is 1. The molecule has 1 heterocycles. The van der Waals surface area contributed by atoms with Gasteiger partial charge in [-0.1, -0.05) is 6.07 Å². The zero-order valence-electron chi connectivity index (χ0n) is 18.1. The van der Waals surface area contributed by atoms with Gasteiger partial charge in [-0.2, -0.15) is 0 Å². The van der Waals surface area contributed by atoms with Crippen LogP contribution in [0.1, 0.15) is 18.4 Å². The van der Waals surface area contributed by atoms with Gasteiger partial charge in [0.2, 0.25) is 10.0 Å². The number of sulfonamides is 1. The molecule has 9 nitrogen and oxygen atoms in total. The number of aryl methyl sites for hydroxylation is 1. The second-order valence-corrected chi connectivity index (χ2v) is 9.18. The fourth-order valence-electron chi connectivity index (χ4n) is 3.49. The van der Waals surface area contributed by atoms with Gasteiger partial charge in [0.25, 0.3) is 5.91 Å². The lowest BCUT2D eigenvalue weighted by Gasteiger charge is -2.22. The van der Waals surface area contributed by atoms with Crippen molar-refractivity contribution >= 4 is 15.9 Å². The molecule has 2 aromatic rings. The third-order valence-electron chi connectivity index (χ3n) is 5.31. The molecule has 174 valence electrons. The minimum absolute atomic E-state index is 0.0164. The number of likely N-dealkylation sites (tertiary alicyclic amines) is 1. The van der Waals surface area contributed by atoms with Crippen LogP contribution in [0.2, 0.25) is 0 Å². The zero-order valence-corrected chi connectivity index (χ0v) is 18.9. The molecule has 2 atom stereocenters. The van der Waals surface area contributed by atoms with Gasteiger partial charge in [-0.3, -0.25) is 4.79 Å². The first-order valence-electron chi connectivity index (χ1n) is 10.2. The van der Waals surface area contributed by atoms with Crippen LogP contribution in [-0.2, 0) is 14.8 Å². The summed E-state index contributed by atoms with van der Waals surface area (Å²) in [5.74, 6) is 1.43. The third-order valence-corrected chi connectivity index (χ3v) is 6.23. The average molecular weight is 465 g/mol. The number of rotatable bonds is 7. The molecule has 0 aliphatic carbocycles. The van der Waals surface area contributed by atoms with Gasteiger partial charge < -0.3 is 24.2 Å². The smallest absolute Gasteiger partial charge is 0.260 e. The molecule has 10 heteroatoms. The van der Waals surface area contributed by atoms with E-state index >= 15 is 0 Å². The summed E-state index contributed by atoms with van der Waals surface area (Å²) in [5, 5.41) is 15.6. The minimum atomic E-state index is -3.80. The Kier molecular flexibility index (Phi) is 7.60. The first-order chi connectivity index (χ1) is 15.2. The maximum absolute atomic E-state index is 12.7. The van der Waals surface area contributed by atoms with Crippen molar-refractivity contribution in [2.75, 3.05) is 26.8 Å². The number of benzene rings is 2. The quantitative estimate of drug-likeness (QED) is 0.635. The van der Waals surface area contributed by atoms with E-state index < -0.39 is 22.2 Å². The molecule has 3 rings (SSSR count). The number of primary sulfonamides is 1. The fourth-order valence-corrected chi connectivity index (χ4v) is 4.09. The first-order valence-corrected chi connectivity index (χ1v) is 11.7. The predicted octanol–water partition coefficient (Wildman–Crippen LogP) is 1.46. The summed E-state index contributed by atoms with van der Waals surface area (Å²) in [6.07, 6.45) is -0.323. The van der Waals surface area contributed by atoms with Crippen molar-refractivity contribution in [3.63, 3.8) is 0 Å². The number of aliphatic hydroxyl groups excluding tert-OH is 1. The van der Waals surface area contributed by atoms with Crippen LogP contribution in [-0.4, -0.2) is 63.3 Å². The SMILES string of the molecule is COc1cccc(O[C@H]2CCN(C(=O)COc3ccc(S(N)(=O)=O)cc3C)CC[C@@H]2O)c1. The van der Waals surface area contributed by atoms with E-state index in [4.69, 9.17) is 19.3 Å². The number of nitrogens with two attached hydrogens (primary N) is 1. The molecule has 0 saturated carbocycles. The summed E-state index contributed by atoms with van der Waals surface area (Å²) >= 11 is 0. The van der Waals surface area contributed by atoms with Gasteiger partial charge in [0.1, 0.15) is 23.4 Å². The summed E-state index contributed by atoms with van der Waals surface area (Å²) in [6.45, 7) is 2.27. The molecule has 1 fully saturated rings. The Morgan fingerprint density at radius 3 is 2.56 bits per heavy atom. The minimum Gasteiger partial charge on any atom is -0.497 e. The number of hydrogen-bond acceptors (Lipinski definition) is 7. The lowest BCUT2D eigenvalue weighted by Crippen LogP contribution is -2.36. The van der Waals surface area contributed by atoms with Crippen LogP contribution in [0, 0.1) is 6.92 Å². The topological polar surface area (TPSA) is 128 Å². The van der Waals surface area contributed by atoms with Gasteiger partial charge in [0.05, 0.1) is 18.1 Å². The maximum atomic E-state index is 12.7. The molecule has 3 N–H and O–H groups in total. The highest BCUT2D eigenvalue weighted by Gasteiger charge is 2.28. The average Bonchev–Trinajstić information content (AvgIpc) is 2.94. The number of ether oxygens (including phenoxy) is 3. The largest absolute Gasteiger partial charge is 0.497 e. The van der Waals surface area contributed by atoms with Crippen molar-refractivity contribution < 1.29 is 32.5 Å². The van der Waals surface area contributed by atoms with E-state index in [-0.39, 0.29) is 17.4 Å². The molecule has 1 amide bonds. The Morgan fingerprint density at radius 2 is 1.88 bits per heavy atom. The lowest BCUT2D eigenvalue weighted by atomic mass is 10.1. The molecule has 0 radical (unpaired) electrons.